The van der Waals surface area contributed by atoms with Gasteiger partial charge in [0.05, 0.1) is 12.1 Å². The summed E-state index contributed by atoms with van der Waals surface area (Å²) < 4.78 is 5.27. The smallest absolute Gasteiger partial charge is 0.137 e. The average Bonchev–Trinajstić information content (AvgIpc) is 3.12. The summed E-state index contributed by atoms with van der Waals surface area (Å²) >= 11 is 6.05. The van der Waals surface area contributed by atoms with Crippen molar-refractivity contribution in [2.45, 2.75) is 31.7 Å². The predicted molar refractivity (Wildman–Crippen MR) is 73.9 cm³/mol. The molecule has 2 aliphatic rings. The number of rotatable bonds is 3. The summed E-state index contributed by atoms with van der Waals surface area (Å²) in [4.78, 5) is 0. The molecule has 0 amide bonds. The molecule has 1 aromatic rings. The van der Waals surface area contributed by atoms with Crippen LogP contribution in [0.5, 0.6) is 5.75 Å². The largest absolute Gasteiger partial charge is 0.495 e. The van der Waals surface area contributed by atoms with E-state index in [4.69, 9.17) is 22.1 Å². The fraction of sp³-hybridized carbons (Fsp3) is 0.600. The van der Waals surface area contributed by atoms with Gasteiger partial charge < -0.3 is 10.5 Å². The lowest BCUT2D eigenvalue weighted by molar-refractivity contribution is 0.413. The van der Waals surface area contributed by atoms with E-state index in [-0.39, 0.29) is 6.04 Å². The predicted octanol–water partition coefficient (Wildman–Crippen LogP) is 3.78. The van der Waals surface area contributed by atoms with E-state index in [2.05, 4.69) is 0 Å². The highest BCUT2D eigenvalue weighted by atomic mass is 35.5. The van der Waals surface area contributed by atoms with Gasteiger partial charge in [0, 0.05) is 6.04 Å². The van der Waals surface area contributed by atoms with E-state index in [1.165, 1.54) is 25.7 Å². The second kappa shape index (κ2) is 4.75. The highest BCUT2D eigenvalue weighted by Crippen LogP contribution is 2.59. The SMILES string of the molecule is COc1cc(C(N)C2C3CCCCC32)ccc1Cl. The molecular weight excluding hydrogens is 246 g/mol. The minimum atomic E-state index is 0.143. The molecule has 0 radical (unpaired) electrons. The van der Waals surface area contributed by atoms with Gasteiger partial charge in [0.25, 0.3) is 0 Å². The monoisotopic (exact) mass is 265 g/mol. The van der Waals surface area contributed by atoms with Crippen LogP contribution in [0, 0.1) is 17.8 Å². The van der Waals surface area contributed by atoms with E-state index >= 15 is 0 Å². The van der Waals surface area contributed by atoms with Crippen molar-refractivity contribution in [2.24, 2.45) is 23.5 Å². The van der Waals surface area contributed by atoms with Gasteiger partial charge >= 0.3 is 0 Å². The number of hydrogen-bond donors (Lipinski definition) is 1. The summed E-state index contributed by atoms with van der Waals surface area (Å²) in [6, 6.07) is 6.07. The molecule has 0 spiro atoms. The van der Waals surface area contributed by atoms with Crippen LogP contribution in [-0.4, -0.2) is 7.11 Å². The molecule has 0 bridgehead atoms. The van der Waals surface area contributed by atoms with Crippen LogP contribution in [0.3, 0.4) is 0 Å². The highest BCUT2D eigenvalue weighted by Gasteiger charge is 2.53. The van der Waals surface area contributed by atoms with E-state index in [0.29, 0.717) is 10.9 Å². The van der Waals surface area contributed by atoms with Crippen molar-refractivity contribution in [2.75, 3.05) is 7.11 Å². The molecule has 3 unspecified atom stereocenters. The van der Waals surface area contributed by atoms with Gasteiger partial charge in [-0.3, -0.25) is 0 Å². The molecule has 18 heavy (non-hydrogen) atoms. The summed E-state index contributed by atoms with van der Waals surface area (Å²) in [5, 5.41) is 0.654. The van der Waals surface area contributed by atoms with Crippen molar-refractivity contribution in [1.82, 2.24) is 0 Å². The van der Waals surface area contributed by atoms with Gasteiger partial charge in [-0.25, -0.2) is 0 Å². The van der Waals surface area contributed by atoms with E-state index in [1.54, 1.807) is 7.11 Å². The van der Waals surface area contributed by atoms with Gasteiger partial charge in [0.1, 0.15) is 5.75 Å². The molecule has 98 valence electrons. The quantitative estimate of drug-likeness (QED) is 0.903. The number of methoxy groups -OCH3 is 1. The molecule has 0 heterocycles. The van der Waals surface area contributed by atoms with E-state index < -0.39 is 0 Å². The fourth-order valence-corrected chi connectivity index (χ4v) is 3.88. The zero-order chi connectivity index (χ0) is 12.7. The van der Waals surface area contributed by atoms with Gasteiger partial charge in [-0.2, -0.15) is 0 Å². The first-order chi connectivity index (χ1) is 8.72. The lowest BCUT2D eigenvalue weighted by Crippen LogP contribution is -2.14. The lowest BCUT2D eigenvalue weighted by atomic mass is 10.0. The third-order valence-corrected chi connectivity index (χ3v) is 5.01. The third-order valence-electron chi connectivity index (χ3n) is 4.70. The summed E-state index contributed by atoms with van der Waals surface area (Å²) in [6.07, 6.45) is 5.50. The molecule has 0 saturated heterocycles. The summed E-state index contributed by atoms with van der Waals surface area (Å²) in [7, 11) is 1.65. The minimum absolute atomic E-state index is 0.143. The van der Waals surface area contributed by atoms with Crippen LogP contribution in [0.2, 0.25) is 5.02 Å². The van der Waals surface area contributed by atoms with Gasteiger partial charge in [-0.1, -0.05) is 30.5 Å². The number of halogens is 1. The van der Waals surface area contributed by atoms with Crippen molar-refractivity contribution in [3.8, 4) is 5.75 Å². The second-order valence-electron chi connectivity index (χ2n) is 5.61. The number of hydrogen-bond acceptors (Lipinski definition) is 2. The van der Waals surface area contributed by atoms with Crippen LogP contribution in [0.4, 0.5) is 0 Å². The average molecular weight is 266 g/mol. The van der Waals surface area contributed by atoms with E-state index in [0.717, 1.165) is 23.1 Å². The number of nitrogens with two attached hydrogens (primary N) is 1. The van der Waals surface area contributed by atoms with Crippen molar-refractivity contribution in [3.63, 3.8) is 0 Å². The fourth-order valence-electron chi connectivity index (χ4n) is 3.69. The number of ether oxygens (including phenoxy) is 1. The maximum absolute atomic E-state index is 6.44. The first kappa shape index (κ1) is 12.3. The lowest BCUT2D eigenvalue weighted by Gasteiger charge is -2.14. The second-order valence-corrected chi connectivity index (χ2v) is 6.02. The van der Waals surface area contributed by atoms with E-state index in [9.17, 15) is 0 Å². The Labute approximate surface area is 113 Å². The van der Waals surface area contributed by atoms with Gasteiger partial charge in [0.15, 0.2) is 0 Å². The Kier molecular flexibility index (Phi) is 3.25. The molecule has 2 fully saturated rings. The molecule has 0 aliphatic heterocycles. The van der Waals surface area contributed by atoms with Gasteiger partial charge in [0.2, 0.25) is 0 Å². The summed E-state index contributed by atoms with van der Waals surface area (Å²) in [5.41, 5.74) is 7.60. The van der Waals surface area contributed by atoms with Crippen LogP contribution in [0.15, 0.2) is 18.2 Å². The van der Waals surface area contributed by atoms with Crippen molar-refractivity contribution in [3.05, 3.63) is 28.8 Å². The summed E-state index contributed by atoms with van der Waals surface area (Å²) in [5.74, 6) is 3.15. The molecule has 3 rings (SSSR count). The van der Waals surface area contributed by atoms with Gasteiger partial charge in [-0.05, 0) is 48.3 Å². The molecule has 3 heteroatoms. The zero-order valence-electron chi connectivity index (χ0n) is 10.7. The molecule has 3 atom stereocenters. The molecule has 2 aliphatic carbocycles. The molecule has 2 nitrogen and oxygen atoms in total. The molecule has 0 aromatic heterocycles. The molecular formula is C15H20ClNO. The topological polar surface area (TPSA) is 35.2 Å². The standard InChI is InChI=1S/C15H20ClNO/c1-18-13-8-9(6-7-12(13)16)15(17)14-10-4-2-3-5-11(10)14/h6-8,10-11,14-15H,2-5,17H2,1H3. The first-order valence-electron chi connectivity index (χ1n) is 6.81. The Morgan fingerprint density at radius 1 is 1.28 bits per heavy atom. The molecule has 2 N–H and O–H groups in total. The molecule has 1 aromatic carbocycles. The Balaban J connectivity index is 1.78. The Morgan fingerprint density at radius 2 is 1.94 bits per heavy atom. The maximum Gasteiger partial charge on any atom is 0.137 e. The Bertz CT molecular complexity index is 436. The minimum Gasteiger partial charge on any atom is -0.495 e. The van der Waals surface area contributed by atoms with Crippen LogP contribution < -0.4 is 10.5 Å². The zero-order valence-corrected chi connectivity index (χ0v) is 11.5. The Hall–Kier alpha value is -0.730. The summed E-state index contributed by atoms with van der Waals surface area (Å²) in [6.45, 7) is 0. The van der Waals surface area contributed by atoms with Crippen LogP contribution in [0.1, 0.15) is 37.3 Å². The highest BCUT2D eigenvalue weighted by molar-refractivity contribution is 6.32. The normalized spacial score (nSPS) is 31.6. The molecule has 2 saturated carbocycles. The van der Waals surface area contributed by atoms with Crippen molar-refractivity contribution in [1.29, 1.82) is 0 Å². The van der Waals surface area contributed by atoms with Crippen LogP contribution in [0.25, 0.3) is 0 Å². The number of fused-ring (bicyclic) bond motifs is 1. The maximum atomic E-state index is 6.44. The van der Waals surface area contributed by atoms with Crippen LogP contribution >= 0.6 is 11.6 Å². The number of benzene rings is 1. The van der Waals surface area contributed by atoms with E-state index in [1.807, 2.05) is 18.2 Å². The van der Waals surface area contributed by atoms with Crippen LogP contribution in [-0.2, 0) is 0 Å². The Morgan fingerprint density at radius 3 is 2.56 bits per heavy atom. The van der Waals surface area contributed by atoms with Gasteiger partial charge in [-0.15, -0.1) is 0 Å². The third kappa shape index (κ3) is 2.02. The van der Waals surface area contributed by atoms with Crippen molar-refractivity contribution < 1.29 is 4.74 Å². The first-order valence-corrected chi connectivity index (χ1v) is 7.19. The van der Waals surface area contributed by atoms with Crippen molar-refractivity contribution >= 4 is 11.6 Å².